The molecule has 0 radical (unpaired) electrons. The number of rotatable bonds is 4. The average molecular weight is 264 g/mol. The molecule has 1 aliphatic heterocycles. The van der Waals surface area contributed by atoms with E-state index in [2.05, 4.69) is 5.32 Å². The van der Waals surface area contributed by atoms with Crippen LogP contribution in [0.4, 0.5) is 5.00 Å². The molecule has 0 aliphatic carbocycles. The van der Waals surface area contributed by atoms with Crippen LogP contribution in [-0.2, 0) is 4.79 Å². The second-order valence-electron chi connectivity index (χ2n) is 4.11. The van der Waals surface area contributed by atoms with Crippen molar-refractivity contribution in [2.24, 2.45) is 0 Å². The molecule has 2 heterocycles. The first-order valence-corrected chi connectivity index (χ1v) is 6.65. The fourth-order valence-corrected chi connectivity index (χ4v) is 3.02. The molecule has 2 rings (SSSR count). The van der Waals surface area contributed by atoms with Crippen molar-refractivity contribution in [2.45, 2.75) is 19.0 Å². The molecule has 0 spiro atoms. The van der Waals surface area contributed by atoms with Gasteiger partial charge in [0.2, 0.25) is 0 Å². The van der Waals surface area contributed by atoms with Gasteiger partial charge in [0.15, 0.2) is 0 Å². The van der Waals surface area contributed by atoms with Crippen molar-refractivity contribution in [1.29, 1.82) is 0 Å². The Bertz CT molecular complexity index is 493. The summed E-state index contributed by atoms with van der Waals surface area (Å²) in [4.78, 5) is 13.4. The van der Waals surface area contributed by atoms with Gasteiger partial charge in [-0.3, -0.25) is 0 Å². The molecule has 1 unspecified atom stereocenters. The summed E-state index contributed by atoms with van der Waals surface area (Å²) < 4.78 is 0. The summed E-state index contributed by atoms with van der Waals surface area (Å²) in [5.41, 5.74) is -0.325. The molecule has 0 amide bonds. The molecule has 1 aromatic heterocycles. The van der Waals surface area contributed by atoms with Gasteiger partial charge in [0.25, 0.3) is 0 Å². The zero-order valence-electron chi connectivity index (χ0n) is 10.4. The van der Waals surface area contributed by atoms with Crippen LogP contribution in [0.1, 0.15) is 13.3 Å². The Balaban J connectivity index is 2.44. The predicted molar refractivity (Wildman–Crippen MR) is 73.7 cm³/mol. The smallest absolute Gasteiger partial charge is 0.335 e. The maximum Gasteiger partial charge on any atom is 0.335 e. The highest BCUT2D eigenvalue weighted by molar-refractivity contribution is 7.14. The van der Waals surface area contributed by atoms with Crippen LogP contribution in [0.2, 0.25) is 0 Å². The molecule has 0 bridgehead atoms. The lowest BCUT2D eigenvalue weighted by atomic mass is 9.92. The van der Waals surface area contributed by atoms with E-state index in [9.17, 15) is 9.90 Å². The third-order valence-corrected chi connectivity index (χ3v) is 4.22. The Morgan fingerprint density at radius 2 is 2.39 bits per heavy atom. The third kappa shape index (κ3) is 1.90. The Morgan fingerprint density at radius 1 is 1.61 bits per heavy atom. The second-order valence-corrected chi connectivity index (χ2v) is 5.04. The van der Waals surface area contributed by atoms with Gasteiger partial charge in [-0.25, -0.2) is 4.79 Å². The molecule has 0 saturated heterocycles. The number of hydrogen-bond acceptors (Lipinski definition) is 4. The summed E-state index contributed by atoms with van der Waals surface area (Å²) >= 11 is 1.59. The largest absolute Gasteiger partial charge is 0.478 e. The van der Waals surface area contributed by atoms with E-state index in [4.69, 9.17) is 0 Å². The number of allylic oxidation sites excluding steroid dienone is 2. The minimum atomic E-state index is -0.892. The van der Waals surface area contributed by atoms with Gasteiger partial charge >= 0.3 is 5.97 Å². The molecular weight excluding hydrogens is 248 g/mol. The summed E-state index contributed by atoms with van der Waals surface area (Å²) in [6.45, 7) is 1.98. The first-order valence-electron chi connectivity index (χ1n) is 5.77. The lowest BCUT2D eigenvalue weighted by molar-refractivity contribution is -0.133. The molecule has 1 atom stereocenters. The fraction of sp³-hybridized carbons (Fsp3) is 0.308. The Hall–Kier alpha value is -1.75. The maximum absolute atomic E-state index is 11.4. The molecule has 5 heteroatoms. The third-order valence-electron chi connectivity index (χ3n) is 3.28. The van der Waals surface area contributed by atoms with Crippen molar-refractivity contribution in [2.75, 3.05) is 11.9 Å². The van der Waals surface area contributed by atoms with Crippen molar-refractivity contribution >= 4 is 22.3 Å². The van der Waals surface area contributed by atoms with Crippen molar-refractivity contribution in [1.82, 2.24) is 5.32 Å². The first kappa shape index (κ1) is 12.7. The highest BCUT2D eigenvalue weighted by Crippen LogP contribution is 2.34. The molecule has 0 fully saturated rings. The van der Waals surface area contributed by atoms with Gasteiger partial charge in [-0.05, 0) is 42.3 Å². The van der Waals surface area contributed by atoms with Crippen molar-refractivity contribution in [3.8, 4) is 0 Å². The van der Waals surface area contributed by atoms with Crippen LogP contribution in [-0.4, -0.2) is 23.8 Å². The van der Waals surface area contributed by atoms with E-state index in [1.165, 1.54) is 0 Å². The van der Waals surface area contributed by atoms with Crippen LogP contribution in [0.25, 0.3) is 0 Å². The van der Waals surface area contributed by atoms with Gasteiger partial charge < -0.3 is 15.3 Å². The molecule has 1 aliphatic rings. The molecule has 2 N–H and O–H groups in total. The number of carboxylic acid groups (broad SMARTS) is 1. The lowest BCUT2D eigenvalue weighted by Gasteiger charge is -2.43. The maximum atomic E-state index is 11.4. The van der Waals surface area contributed by atoms with Gasteiger partial charge in [-0.1, -0.05) is 6.92 Å². The summed E-state index contributed by atoms with van der Waals surface area (Å²) in [5, 5.41) is 15.6. The number of carboxylic acids is 1. The van der Waals surface area contributed by atoms with Crippen molar-refractivity contribution in [3.05, 3.63) is 41.4 Å². The number of hydrogen-bond donors (Lipinski definition) is 2. The Kier molecular flexibility index (Phi) is 3.43. The highest BCUT2D eigenvalue weighted by Gasteiger charge is 2.41. The predicted octanol–water partition coefficient (Wildman–Crippen LogP) is 2.42. The zero-order valence-corrected chi connectivity index (χ0v) is 11.2. The summed E-state index contributed by atoms with van der Waals surface area (Å²) in [6, 6.07) is 3.95. The van der Waals surface area contributed by atoms with Crippen molar-refractivity contribution < 1.29 is 9.90 Å². The minimum absolute atomic E-state index is 0.364. The molecular formula is C13H16N2O2S. The number of dihydropyridines is 1. The lowest BCUT2D eigenvalue weighted by Crippen LogP contribution is -2.59. The van der Waals surface area contributed by atoms with E-state index >= 15 is 0 Å². The van der Waals surface area contributed by atoms with Crippen LogP contribution < -0.4 is 10.2 Å². The summed E-state index contributed by atoms with van der Waals surface area (Å²) in [6.07, 6.45) is 5.83. The van der Waals surface area contributed by atoms with Crippen LogP contribution in [0.15, 0.2) is 41.4 Å². The second kappa shape index (κ2) is 4.86. The van der Waals surface area contributed by atoms with Crippen LogP contribution >= 0.6 is 11.3 Å². The summed E-state index contributed by atoms with van der Waals surface area (Å²) in [5.74, 6) is -0.892. The Morgan fingerprint density at radius 3 is 2.94 bits per heavy atom. The van der Waals surface area contributed by atoms with E-state index < -0.39 is 11.6 Å². The fourth-order valence-electron chi connectivity index (χ4n) is 2.25. The molecule has 96 valence electrons. The standard InChI is InChI=1S/C13H16N2O2S/c1-3-13(15(2)11-7-5-9-18-11)10(12(16)17)6-4-8-14-13/h4-9,14H,3H2,1-2H3,(H,16,17). The van der Waals surface area contributed by atoms with Crippen LogP contribution in [0, 0.1) is 0 Å². The number of thiophene rings is 1. The number of aliphatic carboxylic acids is 1. The minimum Gasteiger partial charge on any atom is -0.478 e. The number of nitrogens with zero attached hydrogens (tertiary/aromatic N) is 1. The number of nitrogens with one attached hydrogen (secondary N) is 1. The monoisotopic (exact) mass is 264 g/mol. The van der Waals surface area contributed by atoms with Crippen LogP contribution in [0.5, 0.6) is 0 Å². The van der Waals surface area contributed by atoms with E-state index in [-0.39, 0.29) is 0 Å². The van der Waals surface area contributed by atoms with E-state index in [0.717, 1.165) is 5.00 Å². The van der Waals surface area contributed by atoms with E-state index in [1.807, 2.05) is 36.4 Å². The number of anilines is 1. The topological polar surface area (TPSA) is 52.6 Å². The summed E-state index contributed by atoms with van der Waals surface area (Å²) in [7, 11) is 1.91. The highest BCUT2D eigenvalue weighted by atomic mass is 32.1. The van der Waals surface area contributed by atoms with Gasteiger partial charge in [0, 0.05) is 7.05 Å². The van der Waals surface area contributed by atoms with Gasteiger partial charge in [-0.15, -0.1) is 11.3 Å². The van der Waals surface area contributed by atoms with E-state index in [1.54, 1.807) is 29.7 Å². The first-order chi connectivity index (χ1) is 8.62. The molecule has 0 saturated carbocycles. The number of carbonyl (C=O) groups is 1. The van der Waals surface area contributed by atoms with Crippen molar-refractivity contribution in [3.63, 3.8) is 0 Å². The van der Waals surface area contributed by atoms with Gasteiger partial charge in [0.05, 0.1) is 10.6 Å². The zero-order chi connectivity index (χ0) is 13.2. The molecule has 0 aromatic carbocycles. The molecule has 18 heavy (non-hydrogen) atoms. The van der Waals surface area contributed by atoms with Gasteiger partial charge in [-0.2, -0.15) is 0 Å². The normalized spacial score (nSPS) is 22.2. The average Bonchev–Trinajstić information content (AvgIpc) is 2.91. The molecule has 4 nitrogen and oxygen atoms in total. The van der Waals surface area contributed by atoms with E-state index in [0.29, 0.717) is 12.0 Å². The number of likely N-dealkylation sites (N-methyl/N-ethyl adjacent to an activating group) is 1. The Labute approximate surface area is 110 Å². The van der Waals surface area contributed by atoms with Crippen LogP contribution in [0.3, 0.4) is 0 Å². The quantitative estimate of drug-likeness (QED) is 0.877. The SMILES string of the molecule is CCC1(N(C)c2cccs2)NC=CC=C1C(=O)O. The molecule has 1 aromatic rings. The van der Waals surface area contributed by atoms with Gasteiger partial charge in [0.1, 0.15) is 5.66 Å².